The van der Waals surface area contributed by atoms with Crippen LogP contribution in [0.4, 0.5) is 0 Å². The van der Waals surface area contributed by atoms with E-state index >= 15 is 0 Å². The summed E-state index contributed by atoms with van der Waals surface area (Å²) in [4.78, 5) is 16.3. The molecule has 1 aliphatic heterocycles. The monoisotopic (exact) mass is 261 g/mol. The smallest absolute Gasteiger partial charge is 0.338 e. The van der Waals surface area contributed by atoms with Crippen LogP contribution in [0.25, 0.3) is 0 Å². The molecular weight excluding hydrogens is 240 g/mol. The van der Waals surface area contributed by atoms with Crippen molar-refractivity contribution in [2.45, 2.75) is 6.54 Å². The Bertz CT molecular complexity index is 409. The summed E-state index contributed by atoms with van der Waals surface area (Å²) in [6, 6.07) is 7.64. The first kappa shape index (κ1) is 14.0. The van der Waals surface area contributed by atoms with Gasteiger partial charge in [-0.3, -0.25) is 4.90 Å². The van der Waals surface area contributed by atoms with Crippen molar-refractivity contribution in [2.75, 3.05) is 39.8 Å². The quantitative estimate of drug-likeness (QED) is 0.768. The lowest BCUT2D eigenvalue weighted by Gasteiger charge is -2.32. The van der Waals surface area contributed by atoms with Crippen LogP contribution in [0.5, 0.6) is 0 Å². The highest BCUT2D eigenvalue weighted by Gasteiger charge is 2.14. The molecule has 0 saturated carbocycles. The molecule has 1 fully saturated rings. The Hall–Kier alpha value is -1.39. The van der Waals surface area contributed by atoms with Crippen LogP contribution in [0.1, 0.15) is 15.9 Å². The van der Waals surface area contributed by atoms with Gasteiger partial charge in [-0.25, -0.2) is 4.79 Å². The molecule has 1 aromatic carbocycles. The van der Waals surface area contributed by atoms with Gasteiger partial charge < -0.3 is 9.64 Å². The summed E-state index contributed by atoms with van der Waals surface area (Å²) in [5, 5.41) is 0. The molecule has 1 aliphatic rings. The molecule has 4 nitrogen and oxygen atoms in total. The normalized spacial score (nSPS) is 17.4. The Morgan fingerprint density at radius 2 is 1.84 bits per heavy atom. The van der Waals surface area contributed by atoms with Crippen LogP contribution >= 0.6 is 0 Å². The van der Waals surface area contributed by atoms with Gasteiger partial charge >= 0.3 is 5.97 Å². The van der Waals surface area contributed by atoms with Gasteiger partial charge in [-0.2, -0.15) is 0 Å². The van der Waals surface area contributed by atoms with E-state index in [1.54, 1.807) is 0 Å². The summed E-state index contributed by atoms with van der Waals surface area (Å²) >= 11 is 0. The van der Waals surface area contributed by atoms with Crippen LogP contribution in [0, 0.1) is 6.92 Å². The Kier molecular flexibility index (Phi) is 4.93. The molecule has 19 heavy (non-hydrogen) atoms. The third-order valence-corrected chi connectivity index (χ3v) is 3.42. The van der Waals surface area contributed by atoms with Crippen LogP contribution in [-0.2, 0) is 11.3 Å². The molecule has 1 saturated heterocycles. The predicted molar refractivity (Wildman–Crippen MR) is 74.9 cm³/mol. The topological polar surface area (TPSA) is 32.8 Å². The van der Waals surface area contributed by atoms with Crippen molar-refractivity contribution in [3.63, 3.8) is 0 Å². The molecule has 1 heterocycles. The summed E-state index contributed by atoms with van der Waals surface area (Å²) < 4.78 is 4.86. The van der Waals surface area contributed by atoms with Crippen LogP contribution in [0.15, 0.2) is 24.3 Å². The lowest BCUT2D eigenvalue weighted by atomic mass is 10.1. The average Bonchev–Trinajstić information content (AvgIpc) is 2.42. The lowest BCUT2D eigenvalue weighted by Crippen LogP contribution is -2.43. The molecule has 4 heteroatoms. The fourth-order valence-corrected chi connectivity index (χ4v) is 2.19. The van der Waals surface area contributed by atoms with Crippen molar-refractivity contribution >= 4 is 5.97 Å². The second-order valence-electron chi connectivity index (χ2n) is 4.91. The fourth-order valence-electron chi connectivity index (χ4n) is 2.19. The van der Waals surface area contributed by atoms with E-state index in [-0.39, 0.29) is 12.6 Å². The van der Waals surface area contributed by atoms with Crippen molar-refractivity contribution in [1.82, 2.24) is 9.80 Å². The third kappa shape index (κ3) is 4.04. The number of hydrogen-bond acceptors (Lipinski definition) is 4. The highest BCUT2D eigenvalue weighted by molar-refractivity contribution is 5.89. The first-order chi connectivity index (χ1) is 9.19. The van der Waals surface area contributed by atoms with Crippen molar-refractivity contribution in [3.8, 4) is 0 Å². The van der Waals surface area contributed by atoms with E-state index in [1.807, 2.05) is 24.3 Å². The highest BCUT2D eigenvalue weighted by Crippen LogP contribution is 2.10. The molecule has 0 aliphatic carbocycles. The zero-order valence-corrected chi connectivity index (χ0v) is 11.5. The predicted octanol–water partition coefficient (Wildman–Crippen LogP) is 1.42. The molecule has 0 amide bonds. The minimum Gasteiger partial charge on any atom is -0.462 e. The van der Waals surface area contributed by atoms with Crippen molar-refractivity contribution in [3.05, 3.63) is 42.3 Å². The number of benzene rings is 1. The number of likely N-dealkylation sites (N-methyl/N-ethyl adjacent to an activating group) is 1. The number of carbonyl (C=O) groups excluding carboxylic acids is 1. The van der Waals surface area contributed by atoms with Gasteiger partial charge in [-0.05, 0) is 31.7 Å². The number of hydrogen-bond donors (Lipinski definition) is 0. The Morgan fingerprint density at radius 3 is 2.42 bits per heavy atom. The van der Waals surface area contributed by atoms with E-state index in [0.29, 0.717) is 5.56 Å². The fraction of sp³-hybridized carbons (Fsp3) is 0.467. The van der Waals surface area contributed by atoms with Crippen molar-refractivity contribution in [2.24, 2.45) is 0 Å². The van der Waals surface area contributed by atoms with Gasteiger partial charge in [0, 0.05) is 32.7 Å². The molecule has 0 N–H and O–H groups in total. The maximum atomic E-state index is 11.5. The summed E-state index contributed by atoms with van der Waals surface area (Å²) in [5.41, 5.74) is 1.82. The van der Waals surface area contributed by atoms with Gasteiger partial charge in [0.15, 0.2) is 0 Å². The summed E-state index contributed by atoms with van der Waals surface area (Å²) in [5.74, 6) is -0.304. The van der Waals surface area contributed by atoms with Gasteiger partial charge in [0.2, 0.25) is 0 Å². The summed E-state index contributed by atoms with van der Waals surface area (Å²) in [6.07, 6.45) is 0. The van der Waals surface area contributed by atoms with Crippen molar-refractivity contribution in [1.29, 1.82) is 0 Å². The Labute approximate surface area is 115 Å². The number of nitrogens with zero attached hydrogens (tertiary/aromatic N) is 2. The molecule has 0 atom stereocenters. The molecular formula is C15H21N2O2. The van der Waals surface area contributed by atoms with Crippen LogP contribution < -0.4 is 0 Å². The van der Waals surface area contributed by atoms with Crippen molar-refractivity contribution < 1.29 is 9.53 Å². The van der Waals surface area contributed by atoms with E-state index in [9.17, 15) is 4.79 Å². The van der Waals surface area contributed by atoms with Gasteiger partial charge in [0.25, 0.3) is 0 Å². The molecule has 0 bridgehead atoms. The van der Waals surface area contributed by atoms with E-state index in [2.05, 4.69) is 23.8 Å². The van der Waals surface area contributed by atoms with E-state index in [0.717, 1.165) is 32.7 Å². The SMILES string of the molecule is [CH2]COC(=O)c1ccc(CN2CCN(C)CC2)cc1. The largest absolute Gasteiger partial charge is 0.462 e. The standard InChI is InChI=1S/C15H21N2O2/c1-3-19-15(18)14-6-4-13(5-7-14)12-17-10-8-16(2)9-11-17/h4-7H,1,3,8-12H2,2H3. The van der Waals surface area contributed by atoms with Crippen LogP contribution in [0.2, 0.25) is 0 Å². The number of ether oxygens (including phenoxy) is 1. The molecule has 103 valence electrons. The second kappa shape index (κ2) is 6.68. The van der Waals surface area contributed by atoms with Gasteiger partial charge in [0.05, 0.1) is 12.2 Å². The average molecular weight is 261 g/mol. The maximum absolute atomic E-state index is 11.5. The van der Waals surface area contributed by atoms with Crippen LogP contribution in [0.3, 0.4) is 0 Å². The number of esters is 1. The van der Waals surface area contributed by atoms with Gasteiger partial charge in [-0.15, -0.1) is 0 Å². The second-order valence-corrected chi connectivity index (χ2v) is 4.91. The lowest BCUT2D eigenvalue weighted by molar-refractivity contribution is 0.0547. The molecule has 0 unspecified atom stereocenters. The number of rotatable bonds is 4. The minimum absolute atomic E-state index is 0.169. The maximum Gasteiger partial charge on any atom is 0.338 e. The van der Waals surface area contributed by atoms with E-state index in [4.69, 9.17) is 4.74 Å². The summed E-state index contributed by atoms with van der Waals surface area (Å²) in [6.45, 7) is 9.05. The van der Waals surface area contributed by atoms with Crippen LogP contribution in [-0.4, -0.2) is 55.6 Å². The van der Waals surface area contributed by atoms with Gasteiger partial charge in [-0.1, -0.05) is 12.1 Å². The molecule has 2 rings (SSSR count). The van der Waals surface area contributed by atoms with E-state index in [1.165, 1.54) is 5.56 Å². The minimum atomic E-state index is -0.304. The zero-order valence-electron chi connectivity index (χ0n) is 11.5. The molecule has 1 radical (unpaired) electrons. The third-order valence-electron chi connectivity index (χ3n) is 3.42. The Morgan fingerprint density at radius 1 is 1.21 bits per heavy atom. The first-order valence-electron chi connectivity index (χ1n) is 6.65. The van der Waals surface area contributed by atoms with Gasteiger partial charge in [0.1, 0.15) is 0 Å². The molecule has 0 aromatic heterocycles. The highest BCUT2D eigenvalue weighted by atomic mass is 16.5. The first-order valence-corrected chi connectivity index (χ1v) is 6.65. The number of piperazine rings is 1. The molecule has 0 spiro atoms. The summed E-state index contributed by atoms with van der Waals surface area (Å²) in [7, 11) is 2.15. The number of carbonyl (C=O) groups is 1. The zero-order chi connectivity index (χ0) is 13.7. The Balaban J connectivity index is 1.90. The van der Waals surface area contributed by atoms with E-state index < -0.39 is 0 Å². The molecule has 1 aromatic rings.